The minimum Gasteiger partial charge on any atom is -0.494 e. The number of ether oxygens (including phenoxy) is 2. The first kappa shape index (κ1) is 42.4. The molecule has 0 saturated heterocycles. The van der Waals surface area contributed by atoms with Gasteiger partial charge in [0.15, 0.2) is 11.5 Å². The lowest BCUT2D eigenvalue weighted by Crippen LogP contribution is -2.18. The van der Waals surface area contributed by atoms with Crippen LogP contribution in [-0.4, -0.2) is 55.7 Å². The first-order valence-corrected chi connectivity index (χ1v) is 20.1. The second-order valence-corrected chi connectivity index (χ2v) is 15.1. The number of carboxylic acid groups (broad SMARTS) is 1. The van der Waals surface area contributed by atoms with Crippen LogP contribution in [0.3, 0.4) is 0 Å². The zero-order chi connectivity index (χ0) is 43.4. The highest BCUT2D eigenvalue weighted by molar-refractivity contribution is 5.90. The highest BCUT2D eigenvalue weighted by atomic mass is 17.3. The van der Waals surface area contributed by atoms with E-state index in [0.29, 0.717) is 64.6 Å². The van der Waals surface area contributed by atoms with Crippen LogP contribution in [0, 0.1) is 11.8 Å². The number of aromatic carboxylic acids is 1. The maximum absolute atomic E-state index is 12.4. The van der Waals surface area contributed by atoms with Gasteiger partial charge in [0.1, 0.15) is 33.9 Å². The van der Waals surface area contributed by atoms with Crippen molar-refractivity contribution in [3.63, 3.8) is 0 Å². The summed E-state index contributed by atoms with van der Waals surface area (Å²) in [5.74, 6) is 2.54. The number of hydrogen-bond acceptors (Lipinski definition) is 12. The molecule has 62 heavy (non-hydrogen) atoms. The number of carboxylic acids is 1. The van der Waals surface area contributed by atoms with Gasteiger partial charge < -0.3 is 23.6 Å². The fourth-order valence-electron chi connectivity index (χ4n) is 5.93. The number of hydrogen-bond donors (Lipinski definition) is 1. The van der Waals surface area contributed by atoms with E-state index in [4.69, 9.17) is 33.5 Å². The molecule has 316 valence electrons. The molecule has 1 N–H and O–H groups in total. The van der Waals surface area contributed by atoms with Crippen LogP contribution < -0.4 is 14.5 Å². The predicted octanol–water partition coefficient (Wildman–Crippen LogP) is 10.5. The van der Waals surface area contributed by atoms with E-state index in [-0.39, 0.29) is 5.56 Å². The summed E-state index contributed by atoms with van der Waals surface area (Å²) in [4.78, 5) is 34.3. The number of carbonyl (C=O) groups is 2. The Bertz CT molecular complexity index is 2680. The molecule has 14 heteroatoms. The second-order valence-electron chi connectivity index (χ2n) is 15.1. The minimum atomic E-state index is -0.951. The molecule has 0 amide bonds. The van der Waals surface area contributed by atoms with E-state index >= 15 is 0 Å². The molecule has 8 rings (SSSR count). The van der Waals surface area contributed by atoms with Gasteiger partial charge in [-0.3, -0.25) is 0 Å². The molecule has 5 aromatic carbocycles. The molecule has 3 aromatic heterocycles. The Morgan fingerprint density at radius 2 is 1.08 bits per heavy atom. The van der Waals surface area contributed by atoms with Gasteiger partial charge in [0, 0.05) is 34.4 Å². The third kappa shape index (κ3) is 11.1. The van der Waals surface area contributed by atoms with Crippen molar-refractivity contribution in [2.24, 2.45) is 11.8 Å². The molecular weight excluding hydrogens is 791 g/mol. The second kappa shape index (κ2) is 20.0. The molecule has 0 saturated carbocycles. The predicted molar refractivity (Wildman–Crippen MR) is 231 cm³/mol. The first-order valence-electron chi connectivity index (χ1n) is 20.1. The molecule has 0 aliphatic carbocycles. The maximum Gasteiger partial charge on any atom is 0.388 e. The van der Waals surface area contributed by atoms with Gasteiger partial charge in [0.25, 0.3) is 0 Å². The van der Waals surface area contributed by atoms with Crippen molar-refractivity contribution >= 4 is 23.0 Å². The molecule has 3 heterocycles. The van der Waals surface area contributed by atoms with Crippen molar-refractivity contribution in [3.05, 3.63) is 145 Å². The quantitative estimate of drug-likeness (QED) is 0.0720. The van der Waals surface area contributed by atoms with E-state index in [1.165, 1.54) is 0 Å². The Balaban J connectivity index is 0.000000197. The van der Waals surface area contributed by atoms with Gasteiger partial charge in [-0.05, 0) is 120 Å². The molecule has 0 unspecified atom stereocenters. The highest BCUT2D eigenvalue weighted by Crippen LogP contribution is 2.29. The normalized spacial score (nSPS) is 11.0. The molecule has 0 spiro atoms. The molecule has 0 radical (unpaired) electrons. The van der Waals surface area contributed by atoms with Crippen molar-refractivity contribution in [1.82, 2.24) is 25.5 Å². The molecule has 0 bridgehead atoms. The molecule has 0 aliphatic rings. The van der Waals surface area contributed by atoms with E-state index in [1.807, 2.05) is 66.7 Å². The van der Waals surface area contributed by atoms with Crippen LogP contribution in [0.25, 0.3) is 56.2 Å². The Morgan fingerprint density at radius 1 is 0.613 bits per heavy atom. The summed E-state index contributed by atoms with van der Waals surface area (Å²) in [6, 6.07) is 39.6. The fraction of sp³-hybridized carbons (Fsp3) is 0.208. The Kier molecular flexibility index (Phi) is 13.7. The van der Waals surface area contributed by atoms with Crippen molar-refractivity contribution in [1.29, 1.82) is 0 Å². The highest BCUT2D eigenvalue weighted by Gasteiger charge is 2.15. The van der Waals surface area contributed by atoms with E-state index in [9.17, 15) is 9.59 Å². The number of fused-ring (bicyclic) bond motifs is 1. The largest absolute Gasteiger partial charge is 0.494 e. The van der Waals surface area contributed by atoms with E-state index in [0.717, 1.165) is 51.4 Å². The number of aromatic nitrogens is 5. The van der Waals surface area contributed by atoms with Crippen LogP contribution in [0.5, 0.6) is 11.5 Å². The van der Waals surface area contributed by atoms with E-state index < -0.39 is 11.9 Å². The summed E-state index contributed by atoms with van der Waals surface area (Å²) in [5.41, 5.74) is 6.45. The summed E-state index contributed by atoms with van der Waals surface area (Å²) in [5, 5.41) is 24.9. The molecule has 14 nitrogen and oxygen atoms in total. The summed E-state index contributed by atoms with van der Waals surface area (Å²) in [6.07, 6.45) is 2.03. The van der Waals surface area contributed by atoms with Crippen molar-refractivity contribution in [2.45, 2.75) is 40.5 Å². The van der Waals surface area contributed by atoms with Gasteiger partial charge in [-0.25, -0.2) is 14.5 Å². The van der Waals surface area contributed by atoms with E-state index in [2.05, 4.69) is 48.3 Å². The van der Waals surface area contributed by atoms with Gasteiger partial charge in [-0.2, -0.15) is 4.99 Å². The topological polar surface area (TPSA) is 174 Å². The van der Waals surface area contributed by atoms with Crippen molar-refractivity contribution in [2.75, 3.05) is 13.2 Å². The third-order valence-corrected chi connectivity index (χ3v) is 9.57. The molecular formula is C48H45N5O9. The third-order valence-electron chi connectivity index (χ3n) is 9.57. The van der Waals surface area contributed by atoms with Gasteiger partial charge in [0.05, 0.1) is 24.3 Å². The summed E-state index contributed by atoms with van der Waals surface area (Å²) in [7, 11) is 0. The number of benzene rings is 5. The summed E-state index contributed by atoms with van der Waals surface area (Å²) >= 11 is 0. The average Bonchev–Trinajstić information content (AvgIpc) is 4.08. The van der Waals surface area contributed by atoms with Crippen LogP contribution in [0.2, 0.25) is 0 Å². The monoisotopic (exact) mass is 835 g/mol. The van der Waals surface area contributed by atoms with Gasteiger partial charge in [-0.1, -0.05) is 74.4 Å². The first-order chi connectivity index (χ1) is 30.1. The summed E-state index contributed by atoms with van der Waals surface area (Å²) in [6.45, 7) is 10.1. The minimum absolute atomic E-state index is 0.241. The molecule has 0 aliphatic heterocycles. The number of para-hydroxylation sites is 1. The van der Waals surface area contributed by atoms with Gasteiger partial charge in [0.2, 0.25) is 0 Å². The van der Waals surface area contributed by atoms with Crippen LogP contribution in [0.1, 0.15) is 61.3 Å². The number of nitrogens with zero attached hydrogens (tertiary/aromatic N) is 5. The van der Waals surface area contributed by atoms with Gasteiger partial charge >= 0.3 is 11.9 Å². The van der Waals surface area contributed by atoms with Crippen LogP contribution in [0.15, 0.2) is 143 Å². The standard InChI is InChI=1S/C27H24N4O5.C21H21NO4/c1-18(2)15-16-33-22-13-11-20(12-14-22)26-17-24(29-34-26)19-7-9-21(10-8-19)27(32)35-36-31-25-6-4-3-5-23(25)28-30-31;1-14(2)11-12-25-18-9-7-16(8-10-18)20-13-19(22-26-20)15-3-5-17(6-4-15)21(23)24/h3-14,17-18H,15-16H2,1-2H3;3-10,13-14H,11-12H2,1-2H3,(H,23,24). The maximum atomic E-state index is 12.4. The van der Waals surface area contributed by atoms with Crippen LogP contribution in [0.4, 0.5) is 0 Å². The fourth-order valence-corrected chi connectivity index (χ4v) is 5.93. The molecule has 0 atom stereocenters. The lowest BCUT2D eigenvalue weighted by molar-refractivity contribution is -0.248. The Morgan fingerprint density at radius 3 is 1.56 bits per heavy atom. The smallest absolute Gasteiger partial charge is 0.388 e. The number of carbonyl (C=O) groups excluding carboxylic acids is 1. The average molecular weight is 836 g/mol. The SMILES string of the molecule is CC(C)CCOc1ccc(-c2cc(-c3ccc(C(=O)O)cc3)no2)cc1.CC(C)CCOc1ccc(-c2cc(-c3ccc(C(=O)OOn4nnc5ccccc54)cc3)no2)cc1. The zero-order valence-electron chi connectivity index (χ0n) is 34.6. The van der Waals surface area contributed by atoms with Crippen molar-refractivity contribution in [3.8, 4) is 56.7 Å². The van der Waals surface area contributed by atoms with Crippen molar-refractivity contribution < 1.29 is 43.1 Å². The van der Waals surface area contributed by atoms with Crippen LogP contribution >= 0.6 is 0 Å². The summed E-state index contributed by atoms with van der Waals surface area (Å²) < 4.78 is 22.4. The van der Waals surface area contributed by atoms with Crippen LogP contribution in [-0.2, 0) is 4.89 Å². The Labute approximate surface area is 357 Å². The van der Waals surface area contributed by atoms with Gasteiger partial charge in [-0.15, -0.1) is 5.10 Å². The number of rotatable bonds is 16. The zero-order valence-corrected chi connectivity index (χ0v) is 34.6. The van der Waals surface area contributed by atoms with E-state index in [1.54, 1.807) is 66.7 Å². The lowest BCUT2D eigenvalue weighted by Gasteiger charge is -2.08. The molecule has 0 fully saturated rings. The Hall–Kier alpha value is -7.74. The molecule has 8 aromatic rings. The lowest BCUT2D eigenvalue weighted by atomic mass is 10.1.